The molecule has 0 amide bonds. The number of hydrogen-bond donors (Lipinski definition) is 0. The molecule has 0 aromatic carbocycles. The minimum Gasteiger partial charge on any atom is -0.266 e. The number of hydrogen-bond acceptors (Lipinski definition) is 3. The van der Waals surface area contributed by atoms with E-state index in [1.165, 1.54) is 4.68 Å². The lowest BCUT2D eigenvalue weighted by atomic mass is 9.90. The van der Waals surface area contributed by atoms with Crippen LogP contribution in [0, 0.1) is 16.7 Å². The molecule has 17 heavy (non-hydrogen) atoms. The van der Waals surface area contributed by atoms with Gasteiger partial charge in [-0.25, -0.2) is 4.68 Å². The second-order valence-corrected chi connectivity index (χ2v) is 6.08. The van der Waals surface area contributed by atoms with Gasteiger partial charge < -0.3 is 0 Å². The molecule has 1 aromatic heterocycles. The molecule has 0 saturated carbocycles. The van der Waals surface area contributed by atoms with Crippen molar-refractivity contribution in [2.45, 2.75) is 33.2 Å². The number of halogens is 2. The van der Waals surface area contributed by atoms with Gasteiger partial charge >= 0.3 is 0 Å². The van der Waals surface area contributed by atoms with E-state index in [0.717, 1.165) is 12.8 Å². The van der Waals surface area contributed by atoms with Crippen LogP contribution in [0.2, 0.25) is 0 Å². The topological polar surface area (TPSA) is 58.7 Å². The summed E-state index contributed by atoms with van der Waals surface area (Å²) < 4.78 is 2.53. The molecule has 0 spiro atoms. The number of nitrogens with zero attached hydrogens (tertiary/aromatic N) is 3. The Balaban J connectivity index is 2.70. The zero-order chi connectivity index (χ0) is 13.1. The summed E-state index contributed by atoms with van der Waals surface area (Å²) in [5.74, 6) is 0. The summed E-state index contributed by atoms with van der Waals surface area (Å²) in [6.45, 7) is 4.30. The van der Waals surface area contributed by atoms with Crippen LogP contribution in [0.25, 0.3) is 0 Å². The van der Waals surface area contributed by atoms with E-state index in [-0.39, 0.29) is 11.0 Å². The maximum absolute atomic E-state index is 11.8. The van der Waals surface area contributed by atoms with Crippen molar-refractivity contribution in [1.82, 2.24) is 9.78 Å². The van der Waals surface area contributed by atoms with E-state index >= 15 is 0 Å². The quantitative estimate of drug-likeness (QED) is 0.826. The highest BCUT2D eigenvalue weighted by molar-refractivity contribution is 9.13. The van der Waals surface area contributed by atoms with Crippen LogP contribution in [0.3, 0.4) is 0 Å². The van der Waals surface area contributed by atoms with Gasteiger partial charge in [-0.2, -0.15) is 10.4 Å². The maximum atomic E-state index is 11.8. The molecular weight excluding hydrogens is 350 g/mol. The summed E-state index contributed by atoms with van der Waals surface area (Å²) in [6.07, 6.45) is 3.08. The molecule has 4 nitrogen and oxygen atoms in total. The Bertz CT molecular complexity index is 502. The van der Waals surface area contributed by atoms with Crippen LogP contribution in [0.1, 0.15) is 26.7 Å². The molecule has 1 aromatic rings. The second-order valence-electron chi connectivity index (χ2n) is 4.43. The van der Waals surface area contributed by atoms with Gasteiger partial charge in [-0.15, -0.1) is 0 Å². The van der Waals surface area contributed by atoms with Gasteiger partial charge in [-0.3, -0.25) is 4.79 Å². The van der Waals surface area contributed by atoms with E-state index in [1.807, 2.05) is 13.8 Å². The van der Waals surface area contributed by atoms with Gasteiger partial charge in [0, 0.05) is 6.54 Å². The first kappa shape index (κ1) is 14.4. The summed E-state index contributed by atoms with van der Waals surface area (Å²) >= 11 is 6.43. The molecule has 0 bridgehead atoms. The third kappa shape index (κ3) is 3.93. The Labute approximate surface area is 117 Å². The fraction of sp³-hybridized carbons (Fsp3) is 0.545. The van der Waals surface area contributed by atoms with Crippen molar-refractivity contribution in [3.05, 3.63) is 25.5 Å². The van der Waals surface area contributed by atoms with Crippen molar-refractivity contribution >= 4 is 31.9 Å². The summed E-state index contributed by atoms with van der Waals surface area (Å²) in [6, 6.07) is 2.24. The lowest BCUT2D eigenvalue weighted by Crippen LogP contribution is -2.24. The van der Waals surface area contributed by atoms with Gasteiger partial charge in [-0.05, 0) is 58.5 Å². The second kappa shape index (κ2) is 5.78. The Morgan fingerprint density at radius 2 is 2.18 bits per heavy atom. The fourth-order valence-electron chi connectivity index (χ4n) is 1.33. The Morgan fingerprint density at radius 3 is 2.76 bits per heavy atom. The Morgan fingerprint density at radius 1 is 1.53 bits per heavy atom. The van der Waals surface area contributed by atoms with Crippen LogP contribution in [-0.2, 0) is 6.54 Å². The van der Waals surface area contributed by atoms with Gasteiger partial charge in [0.05, 0.1) is 22.2 Å². The normalized spacial score (nSPS) is 11.2. The molecule has 1 heterocycles. The first-order chi connectivity index (χ1) is 7.87. The minimum absolute atomic E-state index is 0.158. The zero-order valence-electron chi connectivity index (χ0n) is 9.70. The summed E-state index contributed by atoms with van der Waals surface area (Å²) in [7, 11) is 0. The van der Waals surface area contributed by atoms with Gasteiger partial charge in [0.1, 0.15) is 4.47 Å². The molecule has 0 aliphatic rings. The first-order valence-corrected chi connectivity index (χ1v) is 6.78. The van der Waals surface area contributed by atoms with E-state index in [2.05, 4.69) is 43.0 Å². The minimum atomic E-state index is -0.351. The molecule has 0 radical (unpaired) electrons. The predicted molar refractivity (Wildman–Crippen MR) is 72.5 cm³/mol. The lowest BCUT2D eigenvalue weighted by molar-refractivity contribution is 0.401. The third-order valence-corrected chi connectivity index (χ3v) is 4.32. The van der Waals surface area contributed by atoms with Crippen molar-refractivity contribution in [2.75, 3.05) is 0 Å². The monoisotopic (exact) mass is 361 g/mol. The largest absolute Gasteiger partial charge is 0.282 e. The molecule has 0 aliphatic carbocycles. The van der Waals surface area contributed by atoms with E-state index in [4.69, 9.17) is 5.26 Å². The highest BCUT2D eigenvalue weighted by Gasteiger charge is 2.16. The highest BCUT2D eigenvalue weighted by atomic mass is 79.9. The molecule has 0 fully saturated rings. The van der Waals surface area contributed by atoms with Gasteiger partial charge in [0.25, 0.3) is 5.56 Å². The van der Waals surface area contributed by atoms with Gasteiger partial charge in [0.2, 0.25) is 0 Å². The third-order valence-electron chi connectivity index (χ3n) is 2.42. The number of aryl methyl sites for hydroxylation is 1. The number of rotatable bonds is 4. The standard InChI is InChI=1S/C11H13Br2N3O/c1-11(2,7-14)4-3-5-16-10(17)9(13)8(12)6-15-16/h6H,3-5H2,1-2H3. The van der Waals surface area contributed by atoms with Crippen LogP contribution >= 0.6 is 31.9 Å². The molecule has 6 heteroatoms. The van der Waals surface area contributed by atoms with Gasteiger partial charge in [0.15, 0.2) is 0 Å². The fourth-order valence-corrected chi connectivity index (χ4v) is 1.90. The van der Waals surface area contributed by atoms with Crippen molar-refractivity contribution < 1.29 is 0 Å². The molecule has 0 unspecified atom stereocenters. The van der Waals surface area contributed by atoms with Crippen molar-refractivity contribution in [3.8, 4) is 6.07 Å². The zero-order valence-corrected chi connectivity index (χ0v) is 12.9. The van der Waals surface area contributed by atoms with Crippen LogP contribution in [0.4, 0.5) is 0 Å². The molecule has 1 rings (SSSR count). The molecular formula is C11H13Br2N3O. The van der Waals surface area contributed by atoms with E-state index < -0.39 is 0 Å². The summed E-state index contributed by atoms with van der Waals surface area (Å²) in [5.41, 5.74) is -0.509. The van der Waals surface area contributed by atoms with Crippen LogP contribution < -0.4 is 5.56 Å². The highest BCUT2D eigenvalue weighted by Crippen LogP contribution is 2.21. The van der Waals surface area contributed by atoms with E-state index in [0.29, 0.717) is 15.5 Å². The smallest absolute Gasteiger partial charge is 0.266 e. The molecule has 0 aliphatic heterocycles. The van der Waals surface area contributed by atoms with Crippen molar-refractivity contribution in [1.29, 1.82) is 5.26 Å². The van der Waals surface area contributed by atoms with Gasteiger partial charge in [-0.1, -0.05) is 0 Å². The molecule has 0 N–H and O–H groups in total. The number of nitriles is 1. The summed E-state index contributed by atoms with van der Waals surface area (Å²) in [5, 5.41) is 12.9. The Kier molecular flexibility index (Phi) is 4.90. The molecule has 0 atom stereocenters. The summed E-state index contributed by atoms with van der Waals surface area (Å²) in [4.78, 5) is 11.8. The van der Waals surface area contributed by atoms with Crippen LogP contribution in [-0.4, -0.2) is 9.78 Å². The van der Waals surface area contributed by atoms with Crippen LogP contribution in [0.5, 0.6) is 0 Å². The predicted octanol–water partition coefficient (Wildman–Crippen LogP) is 3.10. The maximum Gasteiger partial charge on any atom is 0.282 e. The van der Waals surface area contributed by atoms with Crippen molar-refractivity contribution in [3.63, 3.8) is 0 Å². The molecule has 92 valence electrons. The SMILES string of the molecule is CC(C)(C#N)CCCn1ncc(Br)c(Br)c1=O. The van der Waals surface area contributed by atoms with E-state index in [1.54, 1.807) is 6.20 Å². The lowest BCUT2D eigenvalue weighted by Gasteiger charge is -2.14. The number of aromatic nitrogens is 2. The average Bonchev–Trinajstić information content (AvgIpc) is 2.29. The average molecular weight is 363 g/mol. The van der Waals surface area contributed by atoms with Crippen molar-refractivity contribution in [2.24, 2.45) is 5.41 Å². The molecule has 0 saturated heterocycles. The van der Waals surface area contributed by atoms with E-state index in [9.17, 15) is 4.79 Å². The van der Waals surface area contributed by atoms with Crippen LogP contribution in [0.15, 0.2) is 19.9 Å². The Hall–Kier alpha value is -0.670. The first-order valence-electron chi connectivity index (χ1n) is 5.20.